The summed E-state index contributed by atoms with van der Waals surface area (Å²) in [4.78, 5) is 4.51. The Balaban J connectivity index is 1.98. The van der Waals surface area contributed by atoms with E-state index in [0.717, 1.165) is 11.7 Å². The van der Waals surface area contributed by atoms with E-state index in [1.807, 2.05) is 6.20 Å². The summed E-state index contributed by atoms with van der Waals surface area (Å²) < 4.78 is 0. The molecule has 17 heavy (non-hydrogen) atoms. The Labute approximate surface area is 105 Å². The maximum absolute atomic E-state index is 4.51. The van der Waals surface area contributed by atoms with Gasteiger partial charge in [0.25, 0.3) is 0 Å². The number of hydrogen-bond donors (Lipinski definition) is 1. The van der Waals surface area contributed by atoms with Gasteiger partial charge < -0.3 is 5.32 Å². The molecular weight excluding hydrogens is 208 g/mol. The maximum atomic E-state index is 4.51. The van der Waals surface area contributed by atoms with Gasteiger partial charge in [-0.05, 0) is 42.7 Å². The van der Waals surface area contributed by atoms with Crippen molar-refractivity contribution in [3.05, 3.63) is 23.9 Å². The van der Waals surface area contributed by atoms with Gasteiger partial charge in [0.05, 0.1) is 0 Å². The van der Waals surface area contributed by atoms with Gasteiger partial charge in [-0.25, -0.2) is 4.98 Å². The number of hydrogen-bond acceptors (Lipinski definition) is 2. The molecule has 0 aliphatic heterocycles. The Morgan fingerprint density at radius 2 is 2.00 bits per heavy atom. The van der Waals surface area contributed by atoms with Crippen LogP contribution in [0.5, 0.6) is 0 Å². The molecule has 1 N–H and O–H groups in total. The lowest BCUT2D eigenvalue weighted by Crippen LogP contribution is -2.31. The summed E-state index contributed by atoms with van der Waals surface area (Å²) in [5.74, 6) is 1.86. The zero-order valence-electron chi connectivity index (χ0n) is 11.5. The molecule has 1 aliphatic rings. The van der Waals surface area contributed by atoms with Gasteiger partial charge >= 0.3 is 0 Å². The monoisotopic (exact) mass is 232 g/mol. The van der Waals surface area contributed by atoms with E-state index in [4.69, 9.17) is 0 Å². The third kappa shape index (κ3) is 2.99. The van der Waals surface area contributed by atoms with Crippen molar-refractivity contribution < 1.29 is 0 Å². The van der Waals surface area contributed by atoms with Crippen molar-refractivity contribution in [1.82, 2.24) is 4.98 Å². The van der Waals surface area contributed by atoms with Crippen molar-refractivity contribution in [3.8, 4) is 0 Å². The van der Waals surface area contributed by atoms with Crippen LogP contribution < -0.4 is 5.32 Å². The summed E-state index contributed by atoms with van der Waals surface area (Å²) in [6.07, 6.45) is 6.13. The normalized spacial score (nSPS) is 18.6. The second-order valence-electron chi connectivity index (χ2n) is 6.31. The minimum Gasteiger partial charge on any atom is -0.367 e. The molecule has 2 rings (SSSR count). The molecule has 1 heterocycles. The molecule has 0 spiro atoms. The van der Waals surface area contributed by atoms with E-state index in [1.165, 1.54) is 24.8 Å². The van der Waals surface area contributed by atoms with E-state index in [2.05, 4.69) is 50.1 Å². The second-order valence-corrected chi connectivity index (χ2v) is 6.31. The Morgan fingerprint density at radius 3 is 2.41 bits per heavy atom. The van der Waals surface area contributed by atoms with Crippen LogP contribution in [0.3, 0.4) is 0 Å². The van der Waals surface area contributed by atoms with Gasteiger partial charge in [-0.15, -0.1) is 0 Å². The van der Waals surface area contributed by atoms with Gasteiger partial charge in [0.1, 0.15) is 5.82 Å². The summed E-state index contributed by atoms with van der Waals surface area (Å²) in [7, 11) is 0. The van der Waals surface area contributed by atoms with E-state index >= 15 is 0 Å². The van der Waals surface area contributed by atoms with Crippen LogP contribution in [-0.2, 0) is 5.41 Å². The summed E-state index contributed by atoms with van der Waals surface area (Å²) >= 11 is 0. The van der Waals surface area contributed by atoms with Gasteiger partial charge in [0.2, 0.25) is 0 Å². The molecule has 1 unspecified atom stereocenters. The summed E-state index contributed by atoms with van der Waals surface area (Å²) in [6.45, 7) is 8.92. The van der Waals surface area contributed by atoms with Crippen molar-refractivity contribution in [3.63, 3.8) is 0 Å². The fourth-order valence-electron chi connectivity index (χ4n) is 2.21. The summed E-state index contributed by atoms with van der Waals surface area (Å²) in [5, 5.41) is 3.51. The molecule has 1 aliphatic carbocycles. The van der Waals surface area contributed by atoms with Crippen molar-refractivity contribution in [2.45, 2.75) is 58.4 Å². The molecule has 1 aromatic heterocycles. The molecule has 0 amide bonds. The van der Waals surface area contributed by atoms with Crippen molar-refractivity contribution >= 4 is 5.82 Å². The van der Waals surface area contributed by atoms with Gasteiger partial charge in [-0.3, -0.25) is 0 Å². The van der Waals surface area contributed by atoms with Crippen molar-refractivity contribution in [1.29, 1.82) is 0 Å². The van der Waals surface area contributed by atoms with Crippen LogP contribution in [0, 0.1) is 5.92 Å². The van der Waals surface area contributed by atoms with Crippen LogP contribution in [0.1, 0.15) is 52.5 Å². The van der Waals surface area contributed by atoms with Crippen molar-refractivity contribution in [2.75, 3.05) is 5.32 Å². The number of anilines is 1. The molecule has 1 aromatic rings. The first-order valence-corrected chi connectivity index (χ1v) is 6.70. The van der Waals surface area contributed by atoms with Gasteiger partial charge in [0.15, 0.2) is 0 Å². The minimum atomic E-state index is 0.186. The molecule has 2 heteroatoms. The van der Waals surface area contributed by atoms with E-state index in [1.54, 1.807) is 0 Å². The molecule has 0 bridgehead atoms. The molecule has 1 saturated carbocycles. The molecule has 0 radical (unpaired) electrons. The molecule has 0 aromatic carbocycles. The molecule has 94 valence electrons. The first-order valence-electron chi connectivity index (χ1n) is 6.70. The fraction of sp³-hybridized carbons (Fsp3) is 0.667. The molecule has 0 saturated heterocycles. The van der Waals surface area contributed by atoms with Crippen LogP contribution in [-0.4, -0.2) is 11.0 Å². The Kier molecular flexibility index (Phi) is 3.41. The minimum absolute atomic E-state index is 0.186. The Bertz CT molecular complexity index is 358. The highest BCUT2D eigenvalue weighted by molar-refractivity contribution is 5.38. The fourth-order valence-corrected chi connectivity index (χ4v) is 2.21. The first kappa shape index (κ1) is 12.4. The van der Waals surface area contributed by atoms with Gasteiger partial charge in [-0.2, -0.15) is 0 Å². The Morgan fingerprint density at radius 1 is 1.29 bits per heavy atom. The predicted octanol–water partition coefficient (Wildman–Crippen LogP) is 3.98. The van der Waals surface area contributed by atoms with Gasteiger partial charge in [0, 0.05) is 12.2 Å². The largest absolute Gasteiger partial charge is 0.367 e. The number of nitrogens with one attached hydrogen (secondary N) is 1. The highest BCUT2D eigenvalue weighted by Crippen LogP contribution is 2.31. The topological polar surface area (TPSA) is 24.9 Å². The van der Waals surface area contributed by atoms with E-state index in [0.29, 0.717) is 6.04 Å². The SMILES string of the molecule is CC(Nc1ccc(C(C)(C)C)cn1)C1CCC1. The van der Waals surface area contributed by atoms with E-state index in [9.17, 15) is 0 Å². The van der Waals surface area contributed by atoms with Crippen LogP contribution >= 0.6 is 0 Å². The molecule has 2 nitrogen and oxygen atoms in total. The van der Waals surface area contributed by atoms with E-state index in [-0.39, 0.29) is 5.41 Å². The number of rotatable bonds is 3. The van der Waals surface area contributed by atoms with Gasteiger partial charge in [-0.1, -0.05) is 33.3 Å². The number of aromatic nitrogens is 1. The average molecular weight is 232 g/mol. The summed E-state index contributed by atoms with van der Waals surface area (Å²) in [6, 6.07) is 4.84. The zero-order chi connectivity index (χ0) is 12.5. The first-order chi connectivity index (χ1) is 7.97. The molecule has 1 fully saturated rings. The maximum Gasteiger partial charge on any atom is 0.126 e. The highest BCUT2D eigenvalue weighted by atomic mass is 15.0. The van der Waals surface area contributed by atoms with Crippen LogP contribution in [0.25, 0.3) is 0 Å². The van der Waals surface area contributed by atoms with Crippen LogP contribution in [0.15, 0.2) is 18.3 Å². The molecular formula is C15H24N2. The van der Waals surface area contributed by atoms with Crippen LogP contribution in [0.4, 0.5) is 5.82 Å². The van der Waals surface area contributed by atoms with Crippen molar-refractivity contribution in [2.24, 2.45) is 5.92 Å². The second kappa shape index (κ2) is 4.67. The summed E-state index contributed by atoms with van der Waals surface area (Å²) in [5.41, 5.74) is 1.48. The number of pyridine rings is 1. The highest BCUT2D eigenvalue weighted by Gasteiger charge is 2.24. The number of nitrogens with zero attached hydrogens (tertiary/aromatic N) is 1. The lowest BCUT2D eigenvalue weighted by molar-refractivity contribution is 0.285. The lowest BCUT2D eigenvalue weighted by atomic mass is 9.80. The quantitative estimate of drug-likeness (QED) is 0.852. The molecule has 1 atom stereocenters. The predicted molar refractivity (Wildman–Crippen MR) is 73.4 cm³/mol. The Hall–Kier alpha value is -1.05. The zero-order valence-corrected chi connectivity index (χ0v) is 11.5. The van der Waals surface area contributed by atoms with Crippen LogP contribution in [0.2, 0.25) is 0 Å². The third-order valence-corrected chi connectivity index (χ3v) is 3.86. The lowest BCUT2D eigenvalue weighted by Gasteiger charge is -2.32. The van der Waals surface area contributed by atoms with E-state index < -0.39 is 0 Å². The average Bonchev–Trinajstić information content (AvgIpc) is 2.13. The third-order valence-electron chi connectivity index (χ3n) is 3.86. The smallest absolute Gasteiger partial charge is 0.126 e. The standard InChI is InChI=1S/C15H24N2/c1-11(12-6-5-7-12)17-14-9-8-13(10-16-14)15(2,3)4/h8-12H,5-7H2,1-4H3,(H,16,17).